The molecule has 0 spiro atoms. The molecule has 0 aliphatic rings. The Kier molecular flexibility index (Phi) is 3.11. The lowest BCUT2D eigenvalue weighted by Crippen LogP contribution is -1.90. The van der Waals surface area contributed by atoms with Crippen molar-refractivity contribution in [2.45, 2.75) is 19.8 Å². The normalized spacial score (nSPS) is 11.1. The highest BCUT2D eigenvalue weighted by atomic mass is 79.9. The number of hydrogen-bond donors (Lipinski definition) is 2. The number of rotatable bonds is 2. The van der Waals surface area contributed by atoms with Crippen molar-refractivity contribution in [1.82, 2.24) is 5.16 Å². The molecule has 2 aromatic rings. The van der Waals surface area contributed by atoms with Gasteiger partial charge in [-0.05, 0) is 39.5 Å². The Hall–Kier alpha value is -1.49. The van der Waals surface area contributed by atoms with Crippen LogP contribution in [0.2, 0.25) is 0 Å². The van der Waals surface area contributed by atoms with Gasteiger partial charge in [0.2, 0.25) is 5.88 Å². The summed E-state index contributed by atoms with van der Waals surface area (Å²) in [5.41, 5.74) is 7.73. The van der Waals surface area contributed by atoms with Crippen LogP contribution in [0.3, 0.4) is 0 Å². The monoisotopic (exact) mass is 296 g/mol. The minimum atomic E-state index is 0.141. The number of benzene rings is 1. The second kappa shape index (κ2) is 4.41. The first-order chi connectivity index (χ1) is 7.99. The van der Waals surface area contributed by atoms with Gasteiger partial charge in [0.15, 0.2) is 0 Å². The van der Waals surface area contributed by atoms with Crippen molar-refractivity contribution in [1.29, 1.82) is 0 Å². The maximum atomic E-state index is 10.00. The molecular weight excluding hydrogens is 284 g/mol. The van der Waals surface area contributed by atoms with Crippen molar-refractivity contribution < 1.29 is 9.63 Å². The molecule has 0 saturated carbocycles. The van der Waals surface area contributed by atoms with E-state index in [-0.39, 0.29) is 11.6 Å². The summed E-state index contributed by atoms with van der Waals surface area (Å²) in [5.74, 6) is 0.725. The van der Waals surface area contributed by atoms with Gasteiger partial charge in [-0.25, -0.2) is 0 Å². The lowest BCUT2D eigenvalue weighted by molar-refractivity contribution is 0.437. The summed E-state index contributed by atoms with van der Waals surface area (Å²) in [6, 6.07) is 5.38. The molecule has 0 amide bonds. The van der Waals surface area contributed by atoms with E-state index in [1.807, 2.05) is 12.1 Å². The minimum Gasteiger partial charge on any atom is -0.506 e. The Balaban J connectivity index is 2.60. The molecule has 0 radical (unpaired) electrons. The van der Waals surface area contributed by atoms with E-state index < -0.39 is 0 Å². The molecule has 1 aromatic carbocycles. The van der Waals surface area contributed by atoms with E-state index in [4.69, 9.17) is 10.3 Å². The molecule has 0 atom stereocenters. The van der Waals surface area contributed by atoms with Crippen molar-refractivity contribution in [2.24, 2.45) is 0 Å². The highest BCUT2D eigenvalue weighted by Gasteiger charge is 2.14. The molecule has 1 heterocycles. The molecule has 5 heteroatoms. The lowest BCUT2D eigenvalue weighted by atomic mass is 9.99. The van der Waals surface area contributed by atoms with E-state index in [0.29, 0.717) is 21.6 Å². The fourth-order valence-corrected chi connectivity index (χ4v) is 2.04. The molecule has 0 saturated heterocycles. The Morgan fingerprint density at radius 1 is 1.35 bits per heavy atom. The molecule has 0 aliphatic carbocycles. The molecule has 0 fully saturated rings. The first-order valence-electron chi connectivity index (χ1n) is 5.24. The van der Waals surface area contributed by atoms with Crippen LogP contribution in [0.4, 0.5) is 5.88 Å². The smallest absolute Gasteiger partial charge is 0.222 e. The number of nitrogens with zero attached hydrogens (tertiary/aromatic N) is 1. The number of halogens is 1. The van der Waals surface area contributed by atoms with Crippen LogP contribution in [0.25, 0.3) is 11.3 Å². The Bertz CT molecular complexity index is 549. The topological polar surface area (TPSA) is 72.3 Å². The third kappa shape index (κ3) is 2.29. The molecule has 0 aliphatic heterocycles. The van der Waals surface area contributed by atoms with E-state index in [0.717, 1.165) is 5.56 Å². The molecule has 90 valence electrons. The zero-order valence-corrected chi connectivity index (χ0v) is 11.2. The van der Waals surface area contributed by atoms with Gasteiger partial charge in [0, 0.05) is 11.6 Å². The van der Waals surface area contributed by atoms with Crippen molar-refractivity contribution in [3.05, 3.63) is 28.2 Å². The summed E-state index contributed by atoms with van der Waals surface area (Å²) in [5, 5.41) is 13.8. The second-order valence-electron chi connectivity index (χ2n) is 4.17. The largest absolute Gasteiger partial charge is 0.506 e. The number of aromatic nitrogens is 1. The van der Waals surface area contributed by atoms with Gasteiger partial charge in [-0.3, -0.25) is 0 Å². The number of aromatic hydroxyl groups is 1. The quantitative estimate of drug-likeness (QED) is 0.889. The van der Waals surface area contributed by atoms with E-state index in [2.05, 4.69) is 34.9 Å². The maximum absolute atomic E-state index is 10.00. The number of nitrogen functional groups attached to an aromatic ring is 1. The van der Waals surface area contributed by atoms with Gasteiger partial charge < -0.3 is 15.4 Å². The van der Waals surface area contributed by atoms with E-state index in [1.165, 1.54) is 0 Å². The van der Waals surface area contributed by atoms with Crippen molar-refractivity contribution in [2.75, 3.05) is 5.73 Å². The van der Waals surface area contributed by atoms with Gasteiger partial charge in [0.05, 0.1) is 4.47 Å². The number of phenolic OH excluding ortho intramolecular Hbond substituents is 1. The van der Waals surface area contributed by atoms with Gasteiger partial charge >= 0.3 is 0 Å². The standard InChI is InChI=1S/C12H13BrN2O2/c1-6(2)7-3-8(12(16)9(13)4-7)10-5-11(14)17-15-10/h3-6,16H,14H2,1-2H3. The van der Waals surface area contributed by atoms with Gasteiger partial charge in [-0.2, -0.15) is 0 Å². The van der Waals surface area contributed by atoms with Gasteiger partial charge in [0.25, 0.3) is 0 Å². The fourth-order valence-electron chi connectivity index (χ4n) is 1.56. The summed E-state index contributed by atoms with van der Waals surface area (Å²) in [6.07, 6.45) is 0. The Morgan fingerprint density at radius 3 is 2.59 bits per heavy atom. The van der Waals surface area contributed by atoms with Crippen LogP contribution in [0, 0.1) is 0 Å². The average molecular weight is 297 g/mol. The van der Waals surface area contributed by atoms with Crippen LogP contribution < -0.4 is 5.73 Å². The van der Waals surface area contributed by atoms with Crippen LogP contribution in [0.1, 0.15) is 25.3 Å². The summed E-state index contributed by atoms with van der Waals surface area (Å²) in [7, 11) is 0. The molecule has 17 heavy (non-hydrogen) atoms. The van der Waals surface area contributed by atoms with Crippen LogP contribution >= 0.6 is 15.9 Å². The van der Waals surface area contributed by atoms with Gasteiger partial charge in [-0.1, -0.05) is 19.0 Å². The van der Waals surface area contributed by atoms with E-state index >= 15 is 0 Å². The molecule has 4 nitrogen and oxygen atoms in total. The number of nitrogens with two attached hydrogens (primary N) is 1. The number of anilines is 1. The third-order valence-electron chi connectivity index (χ3n) is 2.56. The molecule has 0 bridgehead atoms. The zero-order valence-electron chi connectivity index (χ0n) is 9.57. The molecule has 3 N–H and O–H groups in total. The maximum Gasteiger partial charge on any atom is 0.222 e. The second-order valence-corrected chi connectivity index (χ2v) is 5.02. The Labute approximate surface area is 108 Å². The summed E-state index contributed by atoms with van der Waals surface area (Å²) >= 11 is 3.33. The van der Waals surface area contributed by atoms with Gasteiger partial charge in [0.1, 0.15) is 11.4 Å². The number of hydrogen-bond acceptors (Lipinski definition) is 4. The zero-order chi connectivity index (χ0) is 12.6. The van der Waals surface area contributed by atoms with E-state index in [1.54, 1.807) is 6.07 Å². The van der Waals surface area contributed by atoms with Crippen molar-refractivity contribution in [3.63, 3.8) is 0 Å². The molecular formula is C12H13BrN2O2. The highest BCUT2D eigenvalue weighted by molar-refractivity contribution is 9.10. The van der Waals surface area contributed by atoms with Gasteiger partial charge in [-0.15, -0.1) is 0 Å². The molecule has 2 rings (SSSR count). The first kappa shape index (κ1) is 12.0. The SMILES string of the molecule is CC(C)c1cc(Br)c(O)c(-c2cc(N)on2)c1. The Morgan fingerprint density at radius 2 is 2.06 bits per heavy atom. The molecule has 1 aromatic heterocycles. The fraction of sp³-hybridized carbons (Fsp3) is 0.250. The minimum absolute atomic E-state index is 0.141. The average Bonchev–Trinajstić information content (AvgIpc) is 2.68. The summed E-state index contributed by atoms with van der Waals surface area (Å²) < 4.78 is 5.45. The summed E-state index contributed by atoms with van der Waals surface area (Å²) in [4.78, 5) is 0. The van der Waals surface area contributed by atoms with E-state index in [9.17, 15) is 5.11 Å². The van der Waals surface area contributed by atoms with Crippen molar-refractivity contribution >= 4 is 21.8 Å². The third-order valence-corrected chi connectivity index (χ3v) is 3.16. The predicted octanol–water partition coefficient (Wildman–Crippen LogP) is 3.52. The van der Waals surface area contributed by atoms with Crippen LogP contribution in [-0.4, -0.2) is 10.3 Å². The van der Waals surface area contributed by atoms with Crippen LogP contribution in [0.15, 0.2) is 27.2 Å². The number of phenols is 1. The highest BCUT2D eigenvalue weighted by Crippen LogP contribution is 2.38. The lowest BCUT2D eigenvalue weighted by Gasteiger charge is -2.10. The van der Waals surface area contributed by atoms with Crippen molar-refractivity contribution in [3.8, 4) is 17.0 Å². The molecule has 0 unspecified atom stereocenters. The first-order valence-corrected chi connectivity index (χ1v) is 6.03. The van der Waals surface area contributed by atoms with Crippen LogP contribution in [0.5, 0.6) is 5.75 Å². The summed E-state index contributed by atoms with van der Waals surface area (Å²) in [6.45, 7) is 4.17. The predicted molar refractivity (Wildman–Crippen MR) is 69.8 cm³/mol. The van der Waals surface area contributed by atoms with Crippen LogP contribution in [-0.2, 0) is 0 Å².